The number of carbonyl (C=O) groups excluding carboxylic acids is 1. The fourth-order valence-corrected chi connectivity index (χ4v) is 1.34. The lowest BCUT2D eigenvalue weighted by Crippen LogP contribution is -2.19. The Morgan fingerprint density at radius 3 is 2.65 bits per heavy atom. The van der Waals surface area contributed by atoms with E-state index in [1.54, 1.807) is 6.07 Å². The number of anilines is 1. The molecule has 0 spiro atoms. The molecule has 17 heavy (non-hydrogen) atoms. The Labute approximate surface area is 103 Å². The highest BCUT2D eigenvalue weighted by Crippen LogP contribution is 2.21. The maximum absolute atomic E-state index is 11.4. The third-order valence-corrected chi connectivity index (χ3v) is 2.37. The van der Waals surface area contributed by atoms with Gasteiger partial charge in [-0.1, -0.05) is 11.6 Å². The van der Waals surface area contributed by atoms with Crippen LogP contribution in [0, 0.1) is 17.2 Å². The molecule has 0 aromatic heterocycles. The minimum atomic E-state index is -1.14. The van der Waals surface area contributed by atoms with Gasteiger partial charge in [0, 0.05) is 5.69 Å². The van der Waals surface area contributed by atoms with Gasteiger partial charge in [0.15, 0.2) is 0 Å². The molecule has 1 amide bonds. The minimum absolute atomic E-state index is 0.0277. The number of halogens is 1. The average Bonchev–Trinajstić information content (AvgIpc) is 2.27. The van der Waals surface area contributed by atoms with Gasteiger partial charge in [-0.25, -0.2) is 4.79 Å². The van der Waals surface area contributed by atoms with Crippen LogP contribution in [0.25, 0.3) is 0 Å². The topological polar surface area (TPSA) is 90.2 Å². The smallest absolute Gasteiger partial charge is 0.337 e. The summed E-state index contributed by atoms with van der Waals surface area (Å²) < 4.78 is 0. The van der Waals surface area contributed by atoms with Crippen LogP contribution >= 0.6 is 11.6 Å². The second-order valence-corrected chi connectivity index (χ2v) is 3.75. The van der Waals surface area contributed by atoms with E-state index < -0.39 is 17.8 Å². The molecule has 1 atom stereocenters. The van der Waals surface area contributed by atoms with Gasteiger partial charge in [-0.15, -0.1) is 0 Å². The third kappa shape index (κ3) is 3.20. The van der Waals surface area contributed by atoms with Crippen molar-refractivity contribution in [2.45, 2.75) is 6.92 Å². The summed E-state index contributed by atoms with van der Waals surface area (Å²) in [5.41, 5.74) is 0.310. The monoisotopic (exact) mass is 252 g/mol. The lowest BCUT2D eigenvalue weighted by Gasteiger charge is -2.07. The molecule has 0 aliphatic carbocycles. The molecule has 1 aromatic rings. The van der Waals surface area contributed by atoms with Crippen LogP contribution in [0.4, 0.5) is 5.69 Å². The van der Waals surface area contributed by atoms with Crippen molar-refractivity contribution in [1.82, 2.24) is 0 Å². The van der Waals surface area contributed by atoms with Crippen LogP contribution in [-0.2, 0) is 4.79 Å². The number of carboxylic acid groups (broad SMARTS) is 1. The molecule has 6 heteroatoms. The molecule has 0 fully saturated rings. The largest absolute Gasteiger partial charge is 0.478 e. The van der Waals surface area contributed by atoms with Crippen molar-refractivity contribution in [3.8, 4) is 6.07 Å². The van der Waals surface area contributed by atoms with Crippen LogP contribution in [0.1, 0.15) is 17.3 Å². The first kappa shape index (κ1) is 13.0. The highest BCUT2D eigenvalue weighted by atomic mass is 35.5. The molecule has 1 aromatic carbocycles. The van der Waals surface area contributed by atoms with Crippen LogP contribution < -0.4 is 5.32 Å². The molecule has 2 N–H and O–H groups in total. The molecule has 88 valence electrons. The lowest BCUT2D eigenvalue weighted by atomic mass is 10.1. The Balaban J connectivity index is 2.89. The highest BCUT2D eigenvalue weighted by Gasteiger charge is 2.13. The molecule has 1 rings (SSSR count). The van der Waals surface area contributed by atoms with E-state index in [0.29, 0.717) is 5.69 Å². The maximum atomic E-state index is 11.4. The Morgan fingerprint density at radius 1 is 1.53 bits per heavy atom. The van der Waals surface area contributed by atoms with Gasteiger partial charge < -0.3 is 10.4 Å². The van der Waals surface area contributed by atoms with E-state index in [1.807, 2.05) is 0 Å². The lowest BCUT2D eigenvalue weighted by molar-refractivity contribution is -0.117. The maximum Gasteiger partial charge on any atom is 0.337 e. The van der Waals surface area contributed by atoms with E-state index in [9.17, 15) is 9.59 Å². The van der Waals surface area contributed by atoms with Crippen molar-refractivity contribution in [3.05, 3.63) is 28.8 Å². The number of nitrogens with zero attached hydrogens (tertiary/aromatic N) is 1. The van der Waals surface area contributed by atoms with Gasteiger partial charge in [0.05, 0.1) is 16.7 Å². The molecule has 0 heterocycles. The number of rotatable bonds is 3. The Bertz CT molecular complexity index is 508. The SMILES string of the molecule is CC(C#N)C(=O)Nc1ccc(C(=O)O)c(Cl)c1. The first-order chi connectivity index (χ1) is 7.95. The first-order valence-electron chi connectivity index (χ1n) is 4.69. The number of carboxylic acids is 1. The summed E-state index contributed by atoms with van der Waals surface area (Å²) >= 11 is 5.72. The molecular weight excluding hydrogens is 244 g/mol. The van der Waals surface area contributed by atoms with Crippen LogP contribution in [0.5, 0.6) is 0 Å². The highest BCUT2D eigenvalue weighted by molar-refractivity contribution is 6.33. The van der Waals surface area contributed by atoms with Crippen molar-refractivity contribution in [1.29, 1.82) is 5.26 Å². The second-order valence-electron chi connectivity index (χ2n) is 3.34. The molecule has 0 saturated carbocycles. The van der Waals surface area contributed by atoms with Gasteiger partial charge in [0.2, 0.25) is 5.91 Å². The van der Waals surface area contributed by atoms with Crippen LogP contribution in [0.2, 0.25) is 5.02 Å². The molecule has 0 radical (unpaired) electrons. The van der Waals surface area contributed by atoms with Crippen molar-refractivity contribution in [2.75, 3.05) is 5.32 Å². The predicted molar refractivity (Wildman–Crippen MR) is 61.8 cm³/mol. The van der Waals surface area contributed by atoms with Crippen molar-refractivity contribution in [2.24, 2.45) is 5.92 Å². The van der Waals surface area contributed by atoms with Gasteiger partial charge in [0.25, 0.3) is 0 Å². The van der Waals surface area contributed by atoms with E-state index in [2.05, 4.69) is 5.32 Å². The van der Waals surface area contributed by atoms with E-state index in [0.717, 1.165) is 0 Å². The summed E-state index contributed by atoms with van der Waals surface area (Å²) in [5, 5.41) is 19.8. The Hall–Kier alpha value is -2.06. The van der Waals surface area contributed by atoms with Crippen molar-refractivity contribution >= 4 is 29.2 Å². The summed E-state index contributed by atoms with van der Waals surface area (Å²) in [7, 11) is 0. The normalized spacial score (nSPS) is 11.4. The van der Waals surface area contributed by atoms with E-state index in [1.165, 1.54) is 25.1 Å². The molecule has 0 bridgehead atoms. The van der Waals surface area contributed by atoms with Crippen LogP contribution in [0.3, 0.4) is 0 Å². The molecule has 5 nitrogen and oxygen atoms in total. The van der Waals surface area contributed by atoms with Gasteiger partial charge in [-0.05, 0) is 25.1 Å². The Morgan fingerprint density at radius 2 is 2.18 bits per heavy atom. The standard InChI is InChI=1S/C11H9ClN2O3/c1-6(5-13)10(15)14-7-2-3-8(11(16)17)9(12)4-7/h2-4,6H,1H3,(H,14,15)(H,16,17). The number of nitrogens with one attached hydrogen (secondary N) is 1. The number of aromatic carboxylic acids is 1. The fourth-order valence-electron chi connectivity index (χ4n) is 1.08. The quantitative estimate of drug-likeness (QED) is 0.862. The fraction of sp³-hybridized carbons (Fsp3) is 0.182. The van der Waals surface area contributed by atoms with E-state index >= 15 is 0 Å². The van der Waals surface area contributed by atoms with Crippen molar-refractivity contribution in [3.63, 3.8) is 0 Å². The molecule has 0 aliphatic heterocycles. The minimum Gasteiger partial charge on any atom is -0.478 e. The predicted octanol–water partition coefficient (Wildman–Crippen LogP) is 2.14. The molecular formula is C11H9ClN2O3. The molecule has 1 unspecified atom stereocenters. The number of amides is 1. The molecule has 0 aliphatic rings. The van der Waals surface area contributed by atoms with Gasteiger partial charge >= 0.3 is 5.97 Å². The van der Waals surface area contributed by atoms with E-state index in [-0.39, 0.29) is 10.6 Å². The van der Waals surface area contributed by atoms with E-state index in [4.69, 9.17) is 22.0 Å². The van der Waals surface area contributed by atoms with Gasteiger partial charge in [-0.3, -0.25) is 4.79 Å². The van der Waals surface area contributed by atoms with Crippen LogP contribution in [0.15, 0.2) is 18.2 Å². The van der Waals surface area contributed by atoms with Crippen molar-refractivity contribution < 1.29 is 14.7 Å². The number of hydrogen-bond donors (Lipinski definition) is 2. The summed E-state index contributed by atoms with van der Waals surface area (Å²) in [5.74, 6) is -2.39. The number of benzene rings is 1. The van der Waals surface area contributed by atoms with Crippen LogP contribution in [-0.4, -0.2) is 17.0 Å². The summed E-state index contributed by atoms with van der Waals surface area (Å²) in [6.45, 7) is 1.46. The zero-order valence-corrected chi connectivity index (χ0v) is 9.65. The third-order valence-electron chi connectivity index (χ3n) is 2.05. The molecule has 0 saturated heterocycles. The number of nitriles is 1. The zero-order chi connectivity index (χ0) is 13.0. The number of carbonyl (C=O) groups is 2. The van der Waals surface area contributed by atoms with Gasteiger partial charge in [0.1, 0.15) is 5.92 Å². The summed E-state index contributed by atoms with van der Waals surface area (Å²) in [6.07, 6.45) is 0. The summed E-state index contributed by atoms with van der Waals surface area (Å²) in [4.78, 5) is 22.1. The second kappa shape index (κ2) is 5.32. The Kier molecular flexibility index (Phi) is 4.07. The zero-order valence-electron chi connectivity index (χ0n) is 8.90. The first-order valence-corrected chi connectivity index (χ1v) is 5.07. The number of hydrogen-bond acceptors (Lipinski definition) is 3. The van der Waals surface area contributed by atoms with Gasteiger partial charge in [-0.2, -0.15) is 5.26 Å². The summed E-state index contributed by atoms with van der Waals surface area (Å²) in [6, 6.07) is 5.82. The average molecular weight is 253 g/mol.